The molecule has 1 saturated heterocycles. The lowest BCUT2D eigenvalue weighted by atomic mass is 9.71. The Kier molecular flexibility index (Phi) is 3.93. The van der Waals surface area contributed by atoms with Crippen LogP contribution in [0, 0.1) is 11.3 Å². The van der Waals surface area contributed by atoms with Gasteiger partial charge in [-0.1, -0.05) is 32.5 Å². The summed E-state index contributed by atoms with van der Waals surface area (Å²) in [5.41, 5.74) is 1.57. The molecule has 2 fully saturated rings. The minimum absolute atomic E-state index is 0.00553. The molecule has 98 valence electrons. The third kappa shape index (κ3) is 3.72. The van der Waals surface area contributed by atoms with Gasteiger partial charge in [0.05, 0.1) is 5.75 Å². The Bertz CT molecular complexity index is 447. The van der Waals surface area contributed by atoms with Crippen molar-refractivity contribution in [2.24, 2.45) is 21.5 Å². The molecule has 1 heterocycles. The first kappa shape index (κ1) is 13.4. The first-order valence-electron chi connectivity index (χ1n) is 6.26. The van der Waals surface area contributed by atoms with Gasteiger partial charge >= 0.3 is 0 Å². The molecule has 1 N–H and O–H groups in total. The van der Waals surface area contributed by atoms with Crippen molar-refractivity contribution in [2.45, 2.75) is 40.0 Å². The predicted molar refractivity (Wildman–Crippen MR) is 75.8 cm³/mol. The highest BCUT2D eigenvalue weighted by molar-refractivity contribution is 8.15. The van der Waals surface area contributed by atoms with E-state index in [1.54, 1.807) is 0 Å². The van der Waals surface area contributed by atoms with Crippen LogP contribution in [0.15, 0.2) is 15.8 Å². The van der Waals surface area contributed by atoms with E-state index in [2.05, 4.69) is 42.2 Å². The summed E-state index contributed by atoms with van der Waals surface area (Å²) in [4.78, 5) is 11.0. The topological polar surface area (TPSA) is 53.8 Å². The SMILES string of the molecule is C[C@H]1CC(=C=N/N=C2\NC(=O)CS2)CC(C)(C)C1. The molecular formula is C13H19N3OS. The summed E-state index contributed by atoms with van der Waals surface area (Å²) >= 11 is 1.38. The molecule has 1 aliphatic carbocycles. The number of amides is 1. The van der Waals surface area contributed by atoms with Gasteiger partial charge in [0.25, 0.3) is 0 Å². The second-order valence-electron chi connectivity index (χ2n) is 5.91. The number of nitrogens with one attached hydrogen (secondary N) is 1. The van der Waals surface area contributed by atoms with E-state index < -0.39 is 0 Å². The van der Waals surface area contributed by atoms with Gasteiger partial charge in [0.15, 0.2) is 5.17 Å². The van der Waals surface area contributed by atoms with E-state index in [1.807, 2.05) is 0 Å². The number of nitrogens with zero attached hydrogens (tertiary/aromatic N) is 2. The maximum absolute atomic E-state index is 11.0. The van der Waals surface area contributed by atoms with E-state index >= 15 is 0 Å². The monoisotopic (exact) mass is 265 g/mol. The van der Waals surface area contributed by atoms with Crippen molar-refractivity contribution < 1.29 is 4.79 Å². The highest BCUT2D eigenvalue weighted by Crippen LogP contribution is 2.40. The lowest BCUT2D eigenvalue weighted by molar-refractivity contribution is -0.116. The normalized spacial score (nSPS) is 29.1. The summed E-state index contributed by atoms with van der Waals surface area (Å²) in [5, 5.41) is 11.2. The molecule has 0 spiro atoms. The van der Waals surface area contributed by atoms with Crippen LogP contribution < -0.4 is 5.32 Å². The maximum Gasteiger partial charge on any atom is 0.236 e. The predicted octanol–water partition coefficient (Wildman–Crippen LogP) is 2.56. The minimum Gasteiger partial charge on any atom is -0.303 e. The Balaban J connectivity index is 2.06. The van der Waals surface area contributed by atoms with Gasteiger partial charge in [-0.15, -0.1) is 10.2 Å². The van der Waals surface area contributed by atoms with Crippen molar-refractivity contribution in [3.05, 3.63) is 5.57 Å². The fourth-order valence-corrected chi connectivity index (χ4v) is 3.39. The van der Waals surface area contributed by atoms with Crippen molar-refractivity contribution in [2.75, 3.05) is 5.75 Å². The molecule has 2 rings (SSSR count). The van der Waals surface area contributed by atoms with Crippen LogP contribution in [0.5, 0.6) is 0 Å². The molecule has 5 heteroatoms. The van der Waals surface area contributed by atoms with E-state index in [-0.39, 0.29) is 5.91 Å². The van der Waals surface area contributed by atoms with E-state index in [9.17, 15) is 4.79 Å². The van der Waals surface area contributed by atoms with Gasteiger partial charge in [-0.3, -0.25) is 4.79 Å². The van der Waals surface area contributed by atoms with Crippen LogP contribution in [0.3, 0.4) is 0 Å². The van der Waals surface area contributed by atoms with Crippen LogP contribution in [-0.4, -0.2) is 22.7 Å². The van der Waals surface area contributed by atoms with Crippen LogP contribution in [0.4, 0.5) is 0 Å². The number of thioether (sulfide) groups is 1. The molecular weight excluding hydrogens is 246 g/mol. The van der Waals surface area contributed by atoms with E-state index in [0.29, 0.717) is 22.3 Å². The average molecular weight is 265 g/mol. The standard InChI is InChI=1S/C13H19N3OS/c1-9-4-10(6-13(2,3)5-9)7-14-16-12-15-11(17)8-18-12/h9H,4-6,8H2,1-3H3,(H,15,16,17)/t9-/m0/s1. The number of amidine groups is 1. The highest BCUT2D eigenvalue weighted by Gasteiger charge is 2.28. The van der Waals surface area contributed by atoms with Gasteiger partial charge in [-0.2, -0.15) is 0 Å². The molecule has 2 aliphatic rings. The molecule has 0 bridgehead atoms. The molecule has 0 aromatic heterocycles. The second kappa shape index (κ2) is 5.29. The fraction of sp³-hybridized carbons (Fsp3) is 0.692. The number of rotatable bonds is 1. The Morgan fingerprint density at radius 1 is 1.50 bits per heavy atom. The lowest BCUT2D eigenvalue weighted by Crippen LogP contribution is -2.22. The zero-order valence-electron chi connectivity index (χ0n) is 11.1. The molecule has 0 aromatic rings. The Morgan fingerprint density at radius 2 is 2.28 bits per heavy atom. The largest absolute Gasteiger partial charge is 0.303 e. The molecule has 18 heavy (non-hydrogen) atoms. The number of hydrogen-bond donors (Lipinski definition) is 1. The van der Waals surface area contributed by atoms with Gasteiger partial charge in [0, 0.05) is 5.87 Å². The first-order chi connectivity index (χ1) is 8.44. The molecule has 0 unspecified atom stereocenters. The summed E-state index contributed by atoms with van der Waals surface area (Å²) < 4.78 is 0. The third-order valence-corrected chi connectivity index (χ3v) is 3.99. The zero-order valence-corrected chi connectivity index (χ0v) is 11.9. The molecule has 0 aromatic carbocycles. The van der Waals surface area contributed by atoms with Gasteiger partial charge in [0.1, 0.15) is 0 Å². The number of allylic oxidation sites excluding steroid dienone is 1. The molecule has 0 radical (unpaired) electrons. The highest BCUT2D eigenvalue weighted by atomic mass is 32.2. The van der Waals surface area contributed by atoms with Gasteiger partial charge in [-0.05, 0) is 36.2 Å². The Hall–Kier alpha value is -1.06. The Labute approximate surface area is 112 Å². The summed E-state index contributed by atoms with van der Waals surface area (Å²) in [6.07, 6.45) is 3.33. The van der Waals surface area contributed by atoms with Crippen LogP contribution in [0.1, 0.15) is 40.0 Å². The fourth-order valence-electron chi connectivity index (χ4n) is 2.76. The number of carbonyl (C=O) groups excluding carboxylic acids is 1. The van der Waals surface area contributed by atoms with Crippen molar-refractivity contribution in [3.63, 3.8) is 0 Å². The smallest absolute Gasteiger partial charge is 0.236 e. The summed E-state index contributed by atoms with van der Waals surface area (Å²) in [5.74, 6) is 4.15. The number of hydrogen-bond acceptors (Lipinski definition) is 4. The van der Waals surface area contributed by atoms with Gasteiger partial charge < -0.3 is 5.32 Å². The van der Waals surface area contributed by atoms with E-state index in [1.165, 1.54) is 23.8 Å². The quantitative estimate of drug-likeness (QED) is 0.585. The van der Waals surface area contributed by atoms with Gasteiger partial charge in [0.2, 0.25) is 5.91 Å². The molecule has 4 nitrogen and oxygen atoms in total. The lowest BCUT2D eigenvalue weighted by Gasteiger charge is -2.34. The first-order valence-corrected chi connectivity index (χ1v) is 7.24. The van der Waals surface area contributed by atoms with Crippen molar-refractivity contribution in [1.29, 1.82) is 0 Å². The van der Waals surface area contributed by atoms with Crippen molar-refractivity contribution in [1.82, 2.24) is 5.32 Å². The van der Waals surface area contributed by atoms with E-state index in [4.69, 9.17) is 0 Å². The summed E-state index contributed by atoms with van der Waals surface area (Å²) in [6, 6.07) is 0. The van der Waals surface area contributed by atoms with Crippen LogP contribution in [-0.2, 0) is 4.79 Å². The maximum atomic E-state index is 11.0. The van der Waals surface area contributed by atoms with Crippen LogP contribution >= 0.6 is 11.8 Å². The average Bonchev–Trinajstić information content (AvgIpc) is 2.61. The van der Waals surface area contributed by atoms with Crippen molar-refractivity contribution in [3.8, 4) is 0 Å². The second-order valence-corrected chi connectivity index (χ2v) is 6.88. The van der Waals surface area contributed by atoms with Gasteiger partial charge in [-0.25, -0.2) is 0 Å². The van der Waals surface area contributed by atoms with Crippen molar-refractivity contribution >= 4 is 28.7 Å². The van der Waals surface area contributed by atoms with Crippen LogP contribution in [0.25, 0.3) is 0 Å². The zero-order chi connectivity index (χ0) is 13.2. The minimum atomic E-state index is -0.00553. The molecule has 1 atom stereocenters. The summed E-state index contributed by atoms with van der Waals surface area (Å²) in [7, 11) is 0. The summed E-state index contributed by atoms with van der Waals surface area (Å²) in [6.45, 7) is 6.83. The molecule has 1 amide bonds. The molecule has 1 aliphatic heterocycles. The Morgan fingerprint density at radius 3 is 2.89 bits per heavy atom. The third-order valence-electron chi connectivity index (χ3n) is 3.12. The number of carbonyl (C=O) groups is 1. The van der Waals surface area contributed by atoms with Crippen LogP contribution in [0.2, 0.25) is 0 Å². The van der Waals surface area contributed by atoms with E-state index in [0.717, 1.165) is 12.8 Å². The molecule has 1 saturated carbocycles.